The molecule has 0 spiro atoms. The van der Waals surface area contributed by atoms with Crippen LogP contribution in [-0.2, 0) is 11.8 Å². The Morgan fingerprint density at radius 3 is 2.71 bits per heavy atom. The SMILES string of the molecule is C[C@H](NC(=O)c1ccnn1C)C(=O)O. The molecule has 1 amide bonds. The molecule has 0 radical (unpaired) electrons. The van der Waals surface area contributed by atoms with Crippen molar-refractivity contribution in [3.8, 4) is 0 Å². The summed E-state index contributed by atoms with van der Waals surface area (Å²) in [6.45, 7) is 1.40. The highest BCUT2D eigenvalue weighted by Crippen LogP contribution is 1.96. The summed E-state index contributed by atoms with van der Waals surface area (Å²) in [6, 6.07) is 0.613. The normalized spacial score (nSPS) is 12.1. The van der Waals surface area contributed by atoms with E-state index in [4.69, 9.17) is 5.11 Å². The molecule has 1 aromatic heterocycles. The molecule has 0 saturated carbocycles. The maximum Gasteiger partial charge on any atom is 0.325 e. The molecular formula is C8H11N3O3. The van der Waals surface area contributed by atoms with Crippen molar-refractivity contribution in [2.45, 2.75) is 13.0 Å². The van der Waals surface area contributed by atoms with Crippen LogP contribution in [0.15, 0.2) is 12.3 Å². The third-order valence-electron chi connectivity index (χ3n) is 1.77. The van der Waals surface area contributed by atoms with Crippen molar-refractivity contribution >= 4 is 11.9 Å². The molecule has 0 fully saturated rings. The van der Waals surface area contributed by atoms with Crippen LogP contribution < -0.4 is 5.32 Å². The van der Waals surface area contributed by atoms with E-state index in [0.717, 1.165) is 0 Å². The molecule has 6 heteroatoms. The number of carbonyl (C=O) groups is 2. The van der Waals surface area contributed by atoms with Crippen molar-refractivity contribution < 1.29 is 14.7 Å². The van der Waals surface area contributed by atoms with Gasteiger partial charge >= 0.3 is 5.97 Å². The summed E-state index contributed by atoms with van der Waals surface area (Å²) in [5, 5.41) is 14.7. The average molecular weight is 197 g/mol. The van der Waals surface area contributed by atoms with Crippen molar-refractivity contribution in [2.75, 3.05) is 0 Å². The average Bonchev–Trinajstić information content (AvgIpc) is 2.51. The second kappa shape index (κ2) is 3.91. The van der Waals surface area contributed by atoms with E-state index in [1.807, 2.05) is 0 Å². The fraction of sp³-hybridized carbons (Fsp3) is 0.375. The Hall–Kier alpha value is -1.85. The Kier molecular flexibility index (Phi) is 2.85. The van der Waals surface area contributed by atoms with Gasteiger partial charge in [0.25, 0.3) is 5.91 Å². The van der Waals surface area contributed by atoms with Crippen LogP contribution in [0.1, 0.15) is 17.4 Å². The van der Waals surface area contributed by atoms with Crippen molar-refractivity contribution in [3.05, 3.63) is 18.0 Å². The molecule has 6 nitrogen and oxygen atoms in total. The van der Waals surface area contributed by atoms with E-state index in [-0.39, 0.29) is 0 Å². The van der Waals surface area contributed by atoms with Crippen LogP contribution in [-0.4, -0.2) is 32.8 Å². The minimum Gasteiger partial charge on any atom is -0.480 e. The first-order chi connectivity index (χ1) is 6.52. The van der Waals surface area contributed by atoms with E-state index in [1.54, 1.807) is 7.05 Å². The predicted molar refractivity (Wildman–Crippen MR) is 47.8 cm³/mol. The van der Waals surface area contributed by atoms with Crippen LogP contribution in [0.4, 0.5) is 0 Å². The van der Waals surface area contributed by atoms with Gasteiger partial charge in [-0.2, -0.15) is 5.10 Å². The van der Waals surface area contributed by atoms with Gasteiger partial charge in [0.2, 0.25) is 0 Å². The third-order valence-corrected chi connectivity index (χ3v) is 1.77. The number of aryl methyl sites for hydroxylation is 1. The summed E-state index contributed by atoms with van der Waals surface area (Å²) < 4.78 is 1.38. The first-order valence-electron chi connectivity index (χ1n) is 4.04. The lowest BCUT2D eigenvalue weighted by Gasteiger charge is -2.08. The number of aliphatic carboxylic acids is 1. The monoisotopic (exact) mass is 197 g/mol. The lowest BCUT2D eigenvalue weighted by molar-refractivity contribution is -0.138. The highest BCUT2D eigenvalue weighted by atomic mass is 16.4. The van der Waals surface area contributed by atoms with Crippen LogP contribution in [0, 0.1) is 0 Å². The molecule has 76 valence electrons. The van der Waals surface area contributed by atoms with Crippen LogP contribution in [0.25, 0.3) is 0 Å². The molecule has 1 atom stereocenters. The van der Waals surface area contributed by atoms with Gasteiger partial charge < -0.3 is 10.4 Å². The van der Waals surface area contributed by atoms with E-state index < -0.39 is 17.9 Å². The maximum atomic E-state index is 11.4. The zero-order chi connectivity index (χ0) is 10.7. The maximum absolute atomic E-state index is 11.4. The highest BCUT2D eigenvalue weighted by Gasteiger charge is 2.16. The fourth-order valence-corrected chi connectivity index (χ4v) is 0.929. The number of hydrogen-bond acceptors (Lipinski definition) is 3. The van der Waals surface area contributed by atoms with Gasteiger partial charge in [-0.15, -0.1) is 0 Å². The van der Waals surface area contributed by atoms with Gasteiger partial charge in [0.15, 0.2) is 0 Å². The number of hydrogen-bond donors (Lipinski definition) is 2. The summed E-state index contributed by atoms with van der Waals surface area (Å²) in [4.78, 5) is 21.9. The lowest BCUT2D eigenvalue weighted by Crippen LogP contribution is -2.39. The van der Waals surface area contributed by atoms with Gasteiger partial charge in [0.1, 0.15) is 11.7 Å². The molecule has 0 unspecified atom stereocenters. The molecule has 0 saturated heterocycles. The van der Waals surface area contributed by atoms with E-state index in [0.29, 0.717) is 5.69 Å². The van der Waals surface area contributed by atoms with Crippen molar-refractivity contribution in [3.63, 3.8) is 0 Å². The summed E-state index contributed by atoms with van der Waals surface area (Å²) in [5.41, 5.74) is 0.332. The van der Waals surface area contributed by atoms with E-state index in [9.17, 15) is 9.59 Å². The Bertz CT molecular complexity index is 358. The summed E-state index contributed by atoms with van der Waals surface area (Å²) >= 11 is 0. The molecule has 1 heterocycles. The molecule has 0 aromatic carbocycles. The van der Waals surface area contributed by atoms with Crippen LogP contribution >= 0.6 is 0 Å². The lowest BCUT2D eigenvalue weighted by atomic mass is 10.3. The van der Waals surface area contributed by atoms with Gasteiger partial charge in [-0.05, 0) is 13.0 Å². The Morgan fingerprint density at radius 2 is 2.29 bits per heavy atom. The fourth-order valence-electron chi connectivity index (χ4n) is 0.929. The van der Waals surface area contributed by atoms with E-state index >= 15 is 0 Å². The molecule has 0 aliphatic carbocycles. The summed E-state index contributed by atoms with van der Waals surface area (Å²) in [7, 11) is 1.61. The number of nitrogens with one attached hydrogen (secondary N) is 1. The molecule has 0 bridgehead atoms. The second-order valence-corrected chi connectivity index (χ2v) is 2.87. The molecule has 1 rings (SSSR count). The summed E-state index contributed by atoms with van der Waals surface area (Å²) in [5.74, 6) is -1.51. The molecular weight excluding hydrogens is 186 g/mol. The zero-order valence-corrected chi connectivity index (χ0v) is 7.89. The first-order valence-corrected chi connectivity index (χ1v) is 4.04. The first kappa shape index (κ1) is 10.2. The minimum absolute atomic E-state index is 0.332. The Morgan fingerprint density at radius 1 is 1.64 bits per heavy atom. The largest absolute Gasteiger partial charge is 0.480 e. The van der Waals surface area contributed by atoms with Gasteiger partial charge in [0, 0.05) is 13.2 Å². The number of carbonyl (C=O) groups excluding carboxylic acids is 1. The Balaban J connectivity index is 2.69. The molecule has 1 aromatic rings. The number of carboxylic acids is 1. The summed E-state index contributed by atoms with van der Waals surface area (Å²) in [6.07, 6.45) is 1.47. The van der Waals surface area contributed by atoms with Crippen LogP contribution in [0.3, 0.4) is 0 Å². The highest BCUT2D eigenvalue weighted by molar-refractivity contribution is 5.94. The number of nitrogens with zero attached hydrogens (tertiary/aromatic N) is 2. The smallest absolute Gasteiger partial charge is 0.325 e. The molecule has 2 N–H and O–H groups in total. The quantitative estimate of drug-likeness (QED) is 0.692. The number of aromatic nitrogens is 2. The Labute approximate surface area is 80.5 Å². The van der Waals surface area contributed by atoms with E-state index in [1.165, 1.54) is 23.9 Å². The van der Waals surface area contributed by atoms with Crippen LogP contribution in [0.5, 0.6) is 0 Å². The minimum atomic E-state index is -1.07. The number of amides is 1. The molecule has 0 aliphatic rings. The molecule has 0 aliphatic heterocycles. The van der Waals surface area contributed by atoms with Gasteiger partial charge in [-0.25, -0.2) is 0 Å². The van der Waals surface area contributed by atoms with Crippen LogP contribution in [0.2, 0.25) is 0 Å². The standard InChI is InChI=1S/C8H11N3O3/c1-5(8(13)14)10-7(12)6-3-4-9-11(6)2/h3-5H,1-2H3,(H,10,12)(H,13,14)/t5-/m0/s1. The van der Waals surface area contributed by atoms with Gasteiger partial charge in [-0.1, -0.05) is 0 Å². The van der Waals surface area contributed by atoms with Crippen molar-refractivity contribution in [1.29, 1.82) is 0 Å². The topological polar surface area (TPSA) is 84.2 Å². The van der Waals surface area contributed by atoms with Gasteiger partial charge in [-0.3, -0.25) is 14.3 Å². The number of carboxylic acid groups (broad SMARTS) is 1. The zero-order valence-electron chi connectivity index (χ0n) is 7.89. The van der Waals surface area contributed by atoms with Crippen molar-refractivity contribution in [2.24, 2.45) is 7.05 Å². The third kappa shape index (κ3) is 2.09. The van der Waals surface area contributed by atoms with Gasteiger partial charge in [0.05, 0.1) is 0 Å². The van der Waals surface area contributed by atoms with Crippen molar-refractivity contribution in [1.82, 2.24) is 15.1 Å². The van der Waals surface area contributed by atoms with E-state index in [2.05, 4.69) is 10.4 Å². The second-order valence-electron chi connectivity index (χ2n) is 2.87. The molecule has 14 heavy (non-hydrogen) atoms. The number of rotatable bonds is 3. The predicted octanol–water partition coefficient (Wildman–Crippen LogP) is -0.377.